The van der Waals surface area contributed by atoms with Crippen molar-refractivity contribution in [2.75, 3.05) is 72.1 Å². The number of halogens is 1. The van der Waals surface area contributed by atoms with Crippen LogP contribution in [0.1, 0.15) is 71.3 Å². The first-order valence-electron chi connectivity index (χ1n) is 20.7. The van der Waals surface area contributed by atoms with Gasteiger partial charge in [-0.25, -0.2) is 0 Å². The molecule has 1 heterocycles. The number of ether oxygens (including phenoxy) is 2. The van der Waals surface area contributed by atoms with E-state index >= 15 is 0 Å². The Morgan fingerprint density at radius 2 is 1.30 bits per heavy atom. The van der Waals surface area contributed by atoms with Crippen LogP contribution in [-0.4, -0.2) is 117 Å². The quantitative estimate of drug-likeness (QED) is 0.0401. The maximum absolute atomic E-state index is 14.1. The van der Waals surface area contributed by atoms with E-state index in [4.69, 9.17) is 25.5 Å². The molecular weight excluding hydrogens is 786 g/mol. The predicted octanol–water partition coefficient (Wildman–Crippen LogP) is 7.55. The van der Waals surface area contributed by atoms with Crippen molar-refractivity contribution >= 4 is 34.3 Å². The van der Waals surface area contributed by atoms with E-state index in [-0.39, 0.29) is 18.3 Å². The van der Waals surface area contributed by atoms with E-state index in [2.05, 4.69) is 50.0 Å². The molecule has 326 valence electrons. The number of ketones is 1. The highest BCUT2D eigenvalue weighted by molar-refractivity contribution is 6.32. The van der Waals surface area contributed by atoms with Gasteiger partial charge in [-0.05, 0) is 121 Å². The molecule has 2 atom stereocenters. The Balaban J connectivity index is 1.36. The van der Waals surface area contributed by atoms with Crippen LogP contribution in [-0.2, 0) is 4.79 Å². The Morgan fingerprint density at radius 3 is 1.87 bits per heavy atom. The van der Waals surface area contributed by atoms with Crippen LogP contribution in [0.15, 0.2) is 81.5 Å². The number of hydrogen-bond donors (Lipinski definition) is 3. The van der Waals surface area contributed by atoms with E-state index in [9.17, 15) is 19.4 Å². The fourth-order valence-electron chi connectivity index (χ4n) is 6.40. The molecule has 1 amide bonds. The maximum Gasteiger partial charge on any atom is 0.257 e. The normalized spacial score (nSPS) is 13.1. The lowest BCUT2D eigenvalue weighted by atomic mass is 9.97. The molecule has 0 fully saturated rings. The number of fused-ring (bicyclic) bond motifs is 1. The number of carbonyl (C=O) groups excluding carboxylic acids is 2. The lowest BCUT2D eigenvalue weighted by Crippen LogP contribution is -2.52. The monoisotopic (exact) mass is 847 g/mol. The van der Waals surface area contributed by atoms with Crippen molar-refractivity contribution in [3.63, 3.8) is 0 Å². The molecule has 4 rings (SSSR count). The molecule has 1 aromatic heterocycles. The van der Waals surface area contributed by atoms with Crippen molar-refractivity contribution in [2.45, 2.75) is 78.6 Å². The zero-order valence-electron chi connectivity index (χ0n) is 36.3. The maximum atomic E-state index is 14.1. The van der Waals surface area contributed by atoms with Gasteiger partial charge in [0, 0.05) is 78.4 Å². The van der Waals surface area contributed by atoms with Crippen molar-refractivity contribution in [3.8, 4) is 22.8 Å². The molecule has 2 unspecified atom stereocenters. The second kappa shape index (κ2) is 22.8. The molecule has 0 radical (unpaired) electrons. The Hall–Kier alpha value is -4.73. The highest BCUT2D eigenvalue weighted by Gasteiger charge is 2.28. The minimum atomic E-state index is -0.476. The van der Waals surface area contributed by atoms with Gasteiger partial charge in [0.05, 0.1) is 5.56 Å². The second-order valence-electron chi connectivity index (χ2n) is 16.0. The molecule has 0 aliphatic heterocycles. The first kappa shape index (κ1) is 47.9. The van der Waals surface area contributed by atoms with Crippen LogP contribution in [0.25, 0.3) is 22.3 Å². The highest BCUT2D eigenvalue weighted by Crippen LogP contribution is 2.37. The van der Waals surface area contributed by atoms with E-state index in [1.165, 1.54) is 0 Å². The van der Waals surface area contributed by atoms with Gasteiger partial charge in [0.2, 0.25) is 0 Å². The molecule has 0 aliphatic rings. The average molecular weight is 848 g/mol. The molecule has 0 bridgehead atoms. The SMILES string of the molecule is CCN(CC)CCOc1ccc(C(=O)c2c(-c3ccc(OCC(=O)NCCN(CCNC(C)(C)C(C)N=O)CCNC(C)(C)C(C)N=O)cc3)oc3ccc(Cl)cc23)cc1. The van der Waals surface area contributed by atoms with Crippen molar-refractivity contribution in [1.82, 2.24) is 25.8 Å². The van der Waals surface area contributed by atoms with Crippen molar-refractivity contribution in [2.24, 2.45) is 10.4 Å². The van der Waals surface area contributed by atoms with Gasteiger partial charge in [-0.3, -0.25) is 14.5 Å². The highest BCUT2D eigenvalue weighted by atomic mass is 35.5. The number of carbonyl (C=O) groups is 2. The Labute approximate surface area is 359 Å². The number of likely N-dealkylation sites (N-methyl/N-ethyl adjacent to an activating group) is 1. The van der Waals surface area contributed by atoms with E-state index < -0.39 is 23.2 Å². The first-order chi connectivity index (χ1) is 28.6. The van der Waals surface area contributed by atoms with Crippen LogP contribution in [0.4, 0.5) is 0 Å². The summed E-state index contributed by atoms with van der Waals surface area (Å²) in [4.78, 5) is 53.7. The molecule has 60 heavy (non-hydrogen) atoms. The molecule has 4 aromatic rings. The van der Waals surface area contributed by atoms with Gasteiger partial charge >= 0.3 is 0 Å². The molecule has 0 saturated carbocycles. The summed E-state index contributed by atoms with van der Waals surface area (Å²) in [6.07, 6.45) is 0. The summed E-state index contributed by atoms with van der Waals surface area (Å²) in [5.74, 6) is 1.06. The van der Waals surface area contributed by atoms with Gasteiger partial charge in [0.25, 0.3) is 5.91 Å². The topological polar surface area (TPSA) is 167 Å². The predicted molar refractivity (Wildman–Crippen MR) is 239 cm³/mol. The van der Waals surface area contributed by atoms with Crippen LogP contribution in [0.5, 0.6) is 11.5 Å². The summed E-state index contributed by atoms with van der Waals surface area (Å²) >= 11 is 6.38. The van der Waals surface area contributed by atoms with Crippen molar-refractivity contribution in [3.05, 3.63) is 92.7 Å². The second-order valence-corrected chi connectivity index (χ2v) is 16.5. The van der Waals surface area contributed by atoms with E-state index in [1.807, 2.05) is 27.7 Å². The fraction of sp³-hybridized carbons (Fsp3) is 0.511. The number of nitrogens with zero attached hydrogens (tertiary/aromatic N) is 4. The van der Waals surface area contributed by atoms with Gasteiger partial charge in [0.1, 0.15) is 41.5 Å². The van der Waals surface area contributed by atoms with Gasteiger partial charge in [-0.15, -0.1) is 0 Å². The minimum absolute atomic E-state index is 0.194. The van der Waals surface area contributed by atoms with Gasteiger partial charge in [-0.1, -0.05) is 35.8 Å². The molecule has 0 spiro atoms. The van der Waals surface area contributed by atoms with Crippen molar-refractivity contribution in [1.29, 1.82) is 0 Å². The minimum Gasteiger partial charge on any atom is -0.492 e. The molecule has 0 aliphatic carbocycles. The number of amides is 1. The van der Waals surface area contributed by atoms with Crippen molar-refractivity contribution < 1.29 is 23.5 Å². The third-order valence-corrected chi connectivity index (χ3v) is 11.5. The van der Waals surface area contributed by atoms with Gasteiger partial charge < -0.3 is 34.7 Å². The van der Waals surface area contributed by atoms with E-state index in [1.54, 1.807) is 80.6 Å². The summed E-state index contributed by atoms with van der Waals surface area (Å²) < 4.78 is 18.0. The Bertz CT molecular complexity index is 1970. The zero-order chi connectivity index (χ0) is 43.9. The third-order valence-electron chi connectivity index (χ3n) is 11.2. The van der Waals surface area contributed by atoms with Crippen LogP contribution < -0.4 is 25.4 Å². The Morgan fingerprint density at radius 1 is 0.750 bits per heavy atom. The molecule has 15 heteroatoms. The summed E-state index contributed by atoms with van der Waals surface area (Å²) in [6, 6.07) is 18.5. The number of nitrogens with one attached hydrogen (secondary N) is 3. The van der Waals surface area contributed by atoms with Crippen LogP contribution >= 0.6 is 11.6 Å². The van der Waals surface area contributed by atoms with Gasteiger partial charge in [0.15, 0.2) is 12.4 Å². The number of rotatable bonds is 27. The number of furan rings is 1. The fourth-order valence-corrected chi connectivity index (χ4v) is 6.57. The van der Waals surface area contributed by atoms with Crippen LogP contribution in [0.3, 0.4) is 0 Å². The lowest BCUT2D eigenvalue weighted by molar-refractivity contribution is -0.123. The largest absolute Gasteiger partial charge is 0.492 e. The molecule has 0 saturated heterocycles. The lowest BCUT2D eigenvalue weighted by Gasteiger charge is -2.32. The molecule has 3 N–H and O–H groups in total. The molecular formula is C45H62ClN7O7. The standard InChI is InChI=1S/C45H62ClN7O7/c1-9-52(10-2)27-28-58-36-16-11-33(12-17-36)42(55)41-38-29-35(46)15-20-39(38)60-43(41)34-13-18-37(19-14-34)59-30-40(54)47-21-24-53(25-22-48-44(5,6)31(3)50-56)26-23-49-45(7,8)32(4)51-57/h11-20,29,31-32,48-49H,9-10,21-28,30H2,1-8H3,(H,47,54). The summed E-state index contributed by atoms with van der Waals surface area (Å²) in [7, 11) is 0. The molecule has 14 nitrogen and oxygen atoms in total. The van der Waals surface area contributed by atoms with Gasteiger partial charge in [-0.2, -0.15) is 9.81 Å². The number of nitroso groups, excluding NO2 is 2. The smallest absolute Gasteiger partial charge is 0.257 e. The average Bonchev–Trinajstić information content (AvgIpc) is 3.62. The summed E-state index contributed by atoms with van der Waals surface area (Å²) in [5.41, 5.74) is 1.10. The molecule has 3 aromatic carbocycles. The number of hydrogen-bond acceptors (Lipinski definition) is 13. The van der Waals surface area contributed by atoms with Crippen LogP contribution in [0, 0.1) is 9.81 Å². The number of benzene rings is 3. The van der Waals surface area contributed by atoms with Crippen LogP contribution in [0.2, 0.25) is 5.02 Å². The third kappa shape index (κ3) is 13.6. The first-order valence-corrected chi connectivity index (χ1v) is 21.1. The summed E-state index contributed by atoms with van der Waals surface area (Å²) in [5, 5.41) is 17.2. The summed E-state index contributed by atoms with van der Waals surface area (Å²) in [6.45, 7) is 22.1. The van der Waals surface area contributed by atoms with E-state index in [0.29, 0.717) is 95.8 Å². The van der Waals surface area contributed by atoms with E-state index in [0.717, 1.165) is 19.6 Å². The zero-order valence-corrected chi connectivity index (χ0v) is 37.1. The Kier molecular flexibility index (Phi) is 18.2.